The zero-order valence-electron chi connectivity index (χ0n) is 7.64. The fourth-order valence-electron chi connectivity index (χ4n) is 1.03. The summed E-state index contributed by atoms with van der Waals surface area (Å²) in [5.41, 5.74) is 5.02. The van der Waals surface area contributed by atoms with Crippen LogP contribution in [0.5, 0.6) is 0 Å². The second kappa shape index (κ2) is 5.02. The van der Waals surface area contributed by atoms with Crippen LogP contribution in [-0.2, 0) is 12.6 Å². The first kappa shape index (κ1) is 13.8. The van der Waals surface area contributed by atoms with Gasteiger partial charge in [0.15, 0.2) is 0 Å². The molecule has 84 valence electrons. The molecule has 0 amide bonds. The standard InChI is InChI=1S/C9H9F3N2.ClH/c10-9(11,12)7-3-1-6(2-4-7)5-8(13)14;/h1-4H,5H2,(H3,13,14);1H. The minimum absolute atomic E-state index is 0. The molecular formula is C9H10ClF3N2. The fourth-order valence-corrected chi connectivity index (χ4v) is 1.03. The molecular weight excluding hydrogens is 229 g/mol. The van der Waals surface area contributed by atoms with Crippen LogP contribution in [0.4, 0.5) is 13.2 Å². The minimum Gasteiger partial charge on any atom is -0.387 e. The summed E-state index contributed by atoms with van der Waals surface area (Å²) in [7, 11) is 0. The fraction of sp³-hybridized carbons (Fsp3) is 0.222. The summed E-state index contributed by atoms with van der Waals surface area (Å²) in [6.07, 6.45) is -4.13. The van der Waals surface area contributed by atoms with Crippen molar-refractivity contribution in [3.05, 3.63) is 35.4 Å². The van der Waals surface area contributed by atoms with E-state index in [0.29, 0.717) is 5.56 Å². The molecule has 0 atom stereocenters. The van der Waals surface area contributed by atoms with Crippen LogP contribution in [0.1, 0.15) is 11.1 Å². The maximum absolute atomic E-state index is 12.1. The summed E-state index contributed by atoms with van der Waals surface area (Å²) in [4.78, 5) is 0. The highest BCUT2D eigenvalue weighted by molar-refractivity contribution is 5.85. The van der Waals surface area contributed by atoms with Gasteiger partial charge in [-0.2, -0.15) is 13.2 Å². The molecule has 0 saturated heterocycles. The smallest absolute Gasteiger partial charge is 0.387 e. The number of nitrogens with two attached hydrogens (primary N) is 1. The average Bonchev–Trinajstić information content (AvgIpc) is 2.02. The number of hydrogen-bond donors (Lipinski definition) is 2. The normalized spacial score (nSPS) is 10.6. The van der Waals surface area contributed by atoms with Crippen molar-refractivity contribution in [2.24, 2.45) is 5.73 Å². The Labute approximate surface area is 91.2 Å². The number of nitrogens with one attached hydrogen (secondary N) is 1. The molecule has 2 nitrogen and oxygen atoms in total. The molecule has 0 fully saturated rings. The molecule has 0 bridgehead atoms. The SMILES string of the molecule is Cl.N=C(N)Cc1ccc(C(F)(F)F)cc1. The molecule has 1 aromatic rings. The topological polar surface area (TPSA) is 49.9 Å². The molecule has 1 aromatic carbocycles. The van der Waals surface area contributed by atoms with E-state index in [-0.39, 0.29) is 24.7 Å². The zero-order chi connectivity index (χ0) is 10.8. The largest absolute Gasteiger partial charge is 0.416 e. The summed E-state index contributed by atoms with van der Waals surface area (Å²) in [5, 5.41) is 6.96. The van der Waals surface area contributed by atoms with Crippen molar-refractivity contribution >= 4 is 18.2 Å². The van der Waals surface area contributed by atoms with Crippen molar-refractivity contribution in [1.82, 2.24) is 0 Å². The highest BCUT2D eigenvalue weighted by atomic mass is 35.5. The van der Waals surface area contributed by atoms with Crippen LogP contribution in [0, 0.1) is 5.41 Å². The van der Waals surface area contributed by atoms with Crippen LogP contribution in [0.25, 0.3) is 0 Å². The van der Waals surface area contributed by atoms with Crippen molar-refractivity contribution in [2.45, 2.75) is 12.6 Å². The van der Waals surface area contributed by atoms with Crippen molar-refractivity contribution in [2.75, 3.05) is 0 Å². The number of alkyl halides is 3. The second-order valence-corrected chi connectivity index (χ2v) is 2.90. The van der Waals surface area contributed by atoms with E-state index in [2.05, 4.69) is 0 Å². The third kappa shape index (κ3) is 4.20. The summed E-state index contributed by atoms with van der Waals surface area (Å²) in [6, 6.07) is 4.62. The zero-order valence-corrected chi connectivity index (χ0v) is 8.45. The van der Waals surface area contributed by atoms with Crippen LogP contribution in [0.2, 0.25) is 0 Å². The number of halogens is 4. The molecule has 0 saturated carbocycles. The molecule has 0 heterocycles. The Morgan fingerprint density at radius 1 is 1.20 bits per heavy atom. The number of benzene rings is 1. The molecule has 15 heavy (non-hydrogen) atoms. The Hall–Kier alpha value is -1.23. The lowest BCUT2D eigenvalue weighted by atomic mass is 10.1. The molecule has 0 aliphatic heterocycles. The highest BCUT2D eigenvalue weighted by Gasteiger charge is 2.29. The van der Waals surface area contributed by atoms with Gasteiger partial charge >= 0.3 is 6.18 Å². The van der Waals surface area contributed by atoms with Crippen molar-refractivity contribution < 1.29 is 13.2 Å². The third-order valence-corrected chi connectivity index (χ3v) is 1.68. The first-order valence-electron chi connectivity index (χ1n) is 3.88. The van der Waals surface area contributed by atoms with E-state index in [4.69, 9.17) is 11.1 Å². The predicted molar refractivity (Wildman–Crippen MR) is 54.3 cm³/mol. The number of amidine groups is 1. The van der Waals surface area contributed by atoms with Gasteiger partial charge < -0.3 is 5.73 Å². The first-order chi connectivity index (χ1) is 6.39. The van der Waals surface area contributed by atoms with Crippen LogP contribution in [-0.4, -0.2) is 5.84 Å². The van der Waals surface area contributed by atoms with Gasteiger partial charge in [-0.3, -0.25) is 5.41 Å². The van der Waals surface area contributed by atoms with E-state index < -0.39 is 11.7 Å². The van der Waals surface area contributed by atoms with Crippen molar-refractivity contribution in [3.8, 4) is 0 Å². The van der Waals surface area contributed by atoms with Gasteiger partial charge in [-0.15, -0.1) is 12.4 Å². The lowest BCUT2D eigenvalue weighted by molar-refractivity contribution is -0.137. The molecule has 0 aliphatic rings. The lowest BCUT2D eigenvalue weighted by Gasteiger charge is -2.06. The Morgan fingerprint density at radius 2 is 1.67 bits per heavy atom. The summed E-state index contributed by atoms with van der Waals surface area (Å²) < 4.78 is 36.3. The van der Waals surface area contributed by atoms with Gasteiger partial charge in [0.25, 0.3) is 0 Å². The summed E-state index contributed by atoms with van der Waals surface area (Å²) >= 11 is 0. The maximum atomic E-state index is 12.1. The van der Waals surface area contributed by atoms with Crippen molar-refractivity contribution in [3.63, 3.8) is 0 Å². The van der Waals surface area contributed by atoms with Crippen LogP contribution < -0.4 is 5.73 Å². The number of rotatable bonds is 2. The molecule has 3 N–H and O–H groups in total. The van der Waals surface area contributed by atoms with Crippen molar-refractivity contribution in [1.29, 1.82) is 5.41 Å². The molecule has 0 aliphatic carbocycles. The van der Waals surface area contributed by atoms with E-state index in [0.717, 1.165) is 12.1 Å². The third-order valence-electron chi connectivity index (χ3n) is 1.68. The van der Waals surface area contributed by atoms with Gasteiger partial charge in [-0.1, -0.05) is 12.1 Å². The molecule has 0 aromatic heterocycles. The molecule has 0 radical (unpaired) electrons. The Bertz CT molecular complexity index is 332. The Morgan fingerprint density at radius 3 is 2.00 bits per heavy atom. The summed E-state index contributed by atoms with van der Waals surface area (Å²) in [5.74, 6) is -0.0650. The lowest BCUT2D eigenvalue weighted by Crippen LogP contribution is -2.13. The Balaban J connectivity index is 0.00000196. The molecule has 6 heteroatoms. The molecule has 1 rings (SSSR count). The van der Waals surface area contributed by atoms with Gasteiger partial charge in [-0.25, -0.2) is 0 Å². The first-order valence-corrected chi connectivity index (χ1v) is 3.88. The quantitative estimate of drug-likeness (QED) is 0.604. The van der Waals surface area contributed by atoms with E-state index in [1.165, 1.54) is 12.1 Å². The van der Waals surface area contributed by atoms with Crippen LogP contribution in [0.3, 0.4) is 0 Å². The van der Waals surface area contributed by atoms with Gasteiger partial charge in [0, 0.05) is 6.42 Å². The second-order valence-electron chi connectivity index (χ2n) is 2.90. The van der Waals surface area contributed by atoms with Crippen LogP contribution >= 0.6 is 12.4 Å². The van der Waals surface area contributed by atoms with Crippen LogP contribution in [0.15, 0.2) is 24.3 Å². The van der Waals surface area contributed by atoms with Gasteiger partial charge in [0.1, 0.15) is 0 Å². The highest BCUT2D eigenvalue weighted by Crippen LogP contribution is 2.29. The monoisotopic (exact) mass is 238 g/mol. The van der Waals surface area contributed by atoms with E-state index >= 15 is 0 Å². The van der Waals surface area contributed by atoms with Gasteiger partial charge in [0.05, 0.1) is 11.4 Å². The van der Waals surface area contributed by atoms with Gasteiger partial charge in [0.2, 0.25) is 0 Å². The minimum atomic E-state index is -4.31. The average molecular weight is 239 g/mol. The molecule has 0 spiro atoms. The number of hydrogen-bond acceptors (Lipinski definition) is 1. The maximum Gasteiger partial charge on any atom is 0.416 e. The Kier molecular flexibility index (Phi) is 4.61. The van der Waals surface area contributed by atoms with E-state index in [1.54, 1.807) is 0 Å². The predicted octanol–water partition coefficient (Wildman–Crippen LogP) is 2.61. The van der Waals surface area contributed by atoms with E-state index in [9.17, 15) is 13.2 Å². The van der Waals surface area contributed by atoms with E-state index in [1.807, 2.05) is 0 Å². The van der Waals surface area contributed by atoms with Gasteiger partial charge in [-0.05, 0) is 17.7 Å². The molecule has 0 unspecified atom stereocenters. The summed E-state index contributed by atoms with van der Waals surface area (Å²) in [6.45, 7) is 0.